The molecular weight excluding hydrogens is 328 g/mol. The van der Waals surface area contributed by atoms with E-state index >= 15 is 0 Å². The van der Waals surface area contributed by atoms with Crippen LogP contribution in [0, 0.1) is 0 Å². The van der Waals surface area contributed by atoms with Crippen molar-refractivity contribution >= 4 is 21.0 Å². The number of nitrogens with zero attached hydrogens (tertiary/aromatic N) is 2. The predicted molar refractivity (Wildman–Crippen MR) is 91.0 cm³/mol. The van der Waals surface area contributed by atoms with Gasteiger partial charge in [-0.2, -0.15) is 13.5 Å². The average molecular weight is 346 g/mol. The van der Waals surface area contributed by atoms with Crippen LogP contribution in [0.4, 0.5) is 0 Å². The fourth-order valence-electron chi connectivity index (χ4n) is 2.46. The Kier molecular flexibility index (Phi) is 4.66. The first-order valence-corrected chi connectivity index (χ1v) is 9.26. The Labute approximate surface area is 140 Å². The second kappa shape index (κ2) is 6.72. The van der Waals surface area contributed by atoms with Crippen LogP contribution in [0.3, 0.4) is 0 Å². The highest BCUT2D eigenvalue weighted by Gasteiger charge is 2.13. The van der Waals surface area contributed by atoms with Crippen LogP contribution < -0.4 is 0 Å². The maximum absolute atomic E-state index is 11.0. The summed E-state index contributed by atoms with van der Waals surface area (Å²) >= 11 is 0. The number of aliphatic hydroxyl groups is 1. The van der Waals surface area contributed by atoms with E-state index in [2.05, 4.69) is 9.28 Å². The monoisotopic (exact) mass is 346 g/mol. The van der Waals surface area contributed by atoms with Gasteiger partial charge in [-0.05, 0) is 17.2 Å². The van der Waals surface area contributed by atoms with E-state index in [-0.39, 0.29) is 6.61 Å². The minimum atomic E-state index is -3.59. The summed E-state index contributed by atoms with van der Waals surface area (Å²) in [5, 5.41) is 15.5. The third kappa shape index (κ3) is 4.00. The molecule has 0 radical (unpaired) electrons. The Balaban J connectivity index is 1.85. The van der Waals surface area contributed by atoms with Gasteiger partial charge in [0, 0.05) is 5.39 Å². The van der Waals surface area contributed by atoms with Gasteiger partial charge in [0.15, 0.2) is 0 Å². The molecule has 0 saturated heterocycles. The van der Waals surface area contributed by atoms with Crippen molar-refractivity contribution in [3.8, 4) is 0 Å². The number of aromatic nitrogens is 2. The normalized spacial score (nSPS) is 13.2. The van der Waals surface area contributed by atoms with Crippen LogP contribution in [0.15, 0.2) is 54.7 Å². The molecule has 126 valence electrons. The van der Waals surface area contributed by atoms with Crippen molar-refractivity contribution in [1.29, 1.82) is 0 Å². The van der Waals surface area contributed by atoms with E-state index in [9.17, 15) is 13.5 Å². The van der Waals surface area contributed by atoms with Crippen molar-refractivity contribution in [2.45, 2.75) is 12.6 Å². The van der Waals surface area contributed by atoms with E-state index in [1.807, 2.05) is 47.1 Å². The number of fused-ring (bicyclic) bond motifs is 1. The third-order valence-corrected chi connectivity index (χ3v) is 4.23. The fourth-order valence-corrected chi connectivity index (χ4v) is 2.84. The maximum atomic E-state index is 11.0. The van der Waals surface area contributed by atoms with Gasteiger partial charge in [-0.25, -0.2) is 0 Å². The molecule has 0 bridgehead atoms. The summed E-state index contributed by atoms with van der Waals surface area (Å²) in [7, 11) is -3.59. The lowest BCUT2D eigenvalue weighted by Gasteiger charge is -2.11. The summed E-state index contributed by atoms with van der Waals surface area (Å²) in [6.45, 7) is 0.306. The summed E-state index contributed by atoms with van der Waals surface area (Å²) in [5.74, 6) is 0. The summed E-state index contributed by atoms with van der Waals surface area (Å²) in [6, 6.07) is 15.3. The zero-order valence-corrected chi connectivity index (χ0v) is 14.0. The van der Waals surface area contributed by atoms with E-state index in [1.54, 1.807) is 12.3 Å². The minimum Gasteiger partial charge on any atom is -0.386 e. The molecule has 24 heavy (non-hydrogen) atoms. The molecule has 0 aliphatic carbocycles. The third-order valence-electron chi connectivity index (χ3n) is 3.67. The molecule has 3 rings (SSSR count). The Morgan fingerprint density at radius 2 is 1.96 bits per heavy atom. The van der Waals surface area contributed by atoms with Crippen molar-refractivity contribution in [3.63, 3.8) is 0 Å². The quantitative estimate of drug-likeness (QED) is 0.691. The summed E-state index contributed by atoms with van der Waals surface area (Å²) in [6.07, 6.45) is 1.70. The van der Waals surface area contributed by atoms with Crippen LogP contribution in [0.25, 0.3) is 10.9 Å². The van der Waals surface area contributed by atoms with E-state index < -0.39 is 16.2 Å². The van der Waals surface area contributed by atoms with Crippen molar-refractivity contribution in [3.05, 3.63) is 65.9 Å². The second-order valence-corrected chi connectivity index (χ2v) is 7.25. The Morgan fingerprint density at radius 3 is 2.67 bits per heavy atom. The lowest BCUT2D eigenvalue weighted by molar-refractivity contribution is 0.112. The highest BCUT2D eigenvalue weighted by molar-refractivity contribution is 7.85. The molecule has 1 heterocycles. The SMILES string of the molecule is CS(=O)(=O)OC[C@@H](O)c1ccc2cnn(Cc3ccccc3)c2c1. The van der Waals surface area contributed by atoms with Gasteiger partial charge in [0.25, 0.3) is 10.1 Å². The Hall–Kier alpha value is -2.22. The lowest BCUT2D eigenvalue weighted by atomic mass is 10.1. The van der Waals surface area contributed by atoms with E-state index in [0.717, 1.165) is 22.7 Å². The summed E-state index contributed by atoms with van der Waals surface area (Å²) < 4.78 is 28.6. The first kappa shape index (κ1) is 16.6. The number of hydrogen-bond donors (Lipinski definition) is 1. The molecule has 1 atom stereocenters. The predicted octanol–water partition coefficient (Wildman–Crippen LogP) is 2.09. The van der Waals surface area contributed by atoms with Crippen molar-refractivity contribution < 1.29 is 17.7 Å². The van der Waals surface area contributed by atoms with Crippen LogP contribution in [-0.2, 0) is 20.8 Å². The molecule has 6 nitrogen and oxygen atoms in total. The Bertz CT molecular complexity index is 936. The topological polar surface area (TPSA) is 81.4 Å². The highest BCUT2D eigenvalue weighted by Crippen LogP contribution is 2.22. The molecule has 0 amide bonds. The van der Waals surface area contributed by atoms with Crippen molar-refractivity contribution in [2.24, 2.45) is 0 Å². The zero-order chi connectivity index (χ0) is 17.2. The molecule has 7 heteroatoms. The molecule has 3 aromatic rings. The van der Waals surface area contributed by atoms with Gasteiger partial charge in [0.2, 0.25) is 0 Å². The standard InChI is InChI=1S/C17H18N2O4S/c1-24(21,22)23-12-17(20)14-7-8-15-10-18-19(16(15)9-14)11-13-5-3-2-4-6-13/h2-10,17,20H,11-12H2,1H3/t17-/m1/s1. The van der Waals surface area contributed by atoms with E-state index in [1.165, 1.54) is 0 Å². The summed E-state index contributed by atoms with van der Waals surface area (Å²) in [4.78, 5) is 0. The molecule has 0 aliphatic heterocycles. The highest BCUT2D eigenvalue weighted by atomic mass is 32.2. The van der Waals surface area contributed by atoms with Gasteiger partial charge >= 0.3 is 0 Å². The molecular formula is C17H18N2O4S. The molecule has 1 aromatic heterocycles. The van der Waals surface area contributed by atoms with E-state index in [0.29, 0.717) is 12.1 Å². The fraction of sp³-hybridized carbons (Fsp3) is 0.235. The van der Waals surface area contributed by atoms with E-state index in [4.69, 9.17) is 0 Å². The van der Waals surface area contributed by atoms with Crippen LogP contribution >= 0.6 is 0 Å². The number of aliphatic hydroxyl groups excluding tert-OH is 1. The first-order valence-electron chi connectivity index (χ1n) is 7.44. The molecule has 0 spiro atoms. The van der Waals surface area contributed by atoms with Gasteiger partial charge < -0.3 is 5.11 Å². The maximum Gasteiger partial charge on any atom is 0.264 e. The number of rotatable bonds is 6. The molecule has 0 aliphatic rings. The molecule has 0 saturated carbocycles. The van der Waals surface area contributed by atoms with Gasteiger partial charge in [0.05, 0.1) is 31.1 Å². The smallest absolute Gasteiger partial charge is 0.264 e. The van der Waals surface area contributed by atoms with Crippen LogP contribution in [0.5, 0.6) is 0 Å². The largest absolute Gasteiger partial charge is 0.386 e. The lowest BCUT2D eigenvalue weighted by Crippen LogP contribution is -2.12. The van der Waals surface area contributed by atoms with Gasteiger partial charge in [0.1, 0.15) is 6.10 Å². The van der Waals surface area contributed by atoms with Crippen LogP contribution in [0.1, 0.15) is 17.2 Å². The van der Waals surface area contributed by atoms with Crippen LogP contribution in [0.2, 0.25) is 0 Å². The second-order valence-electron chi connectivity index (χ2n) is 5.61. The van der Waals surface area contributed by atoms with Gasteiger partial charge in [-0.3, -0.25) is 8.86 Å². The van der Waals surface area contributed by atoms with Gasteiger partial charge in [-0.15, -0.1) is 0 Å². The van der Waals surface area contributed by atoms with Gasteiger partial charge in [-0.1, -0.05) is 42.5 Å². The molecule has 1 N–H and O–H groups in total. The molecule has 2 aromatic carbocycles. The first-order chi connectivity index (χ1) is 11.4. The number of hydrogen-bond acceptors (Lipinski definition) is 5. The van der Waals surface area contributed by atoms with Crippen molar-refractivity contribution in [2.75, 3.05) is 12.9 Å². The molecule has 0 fully saturated rings. The molecule has 0 unspecified atom stereocenters. The van der Waals surface area contributed by atoms with Crippen LogP contribution in [-0.4, -0.2) is 36.2 Å². The van der Waals surface area contributed by atoms with Crippen molar-refractivity contribution in [1.82, 2.24) is 9.78 Å². The summed E-state index contributed by atoms with van der Waals surface area (Å²) in [5.41, 5.74) is 2.57. The number of benzene rings is 2. The zero-order valence-electron chi connectivity index (χ0n) is 13.2. The Morgan fingerprint density at radius 1 is 1.21 bits per heavy atom. The minimum absolute atomic E-state index is 0.308. The average Bonchev–Trinajstić information content (AvgIpc) is 2.95.